The van der Waals surface area contributed by atoms with E-state index in [9.17, 15) is 4.79 Å². The Labute approximate surface area is 201 Å². The predicted molar refractivity (Wildman–Crippen MR) is 131 cm³/mol. The van der Waals surface area contributed by atoms with Crippen molar-refractivity contribution in [2.45, 2.75) is 36.5 Å². The molecule has 0 unspecified atom stereocenters. The number of ether oxygens (including phenoxy) is 2. The van der Waals surface area contributed by atoms with E-state index >= 15 is 0 Å². The van der Waals surface area contributed by atoms with Crippen molar-refractivity contribution in [1.82, 2.24) is 20.2 Å². The Bertz CT molecular complexity index is 1510. The highest BCUT2D eigenvalue weighted by Crippen LogP contribution is 2.65. The summed E-state index contributed by atoms with van der Waals surface area (Å²) < 4.78 is 10.8. The molecule has 3 N–H and O–H groups in total. The van der Waals surface area contributed by atoms with E-state index < -0.39 is 5.41 Å². The summed E-state index contributed by atoms with van der Waals surface area (Å²) in [4.78, 5) is 22.1. The fraction of sp³-hybridized carbons (Fsp3) is 0.308. The van der Waals surface area contributed by atoms with Gasteiger partial charge in [0.1, 0.15) is 5.75 Å². The fourth-order valence-electron chi connectivity index (χ4n) is 5.36. The highest BCUT2D eigenvalue weighted by Gasteiger charge is 2.65. The quantitative estimate of drug-likeness (QED) is 0.385. The molecule has 2 aromatic carbocycles. The number of aromatic amines is 1. The molecule has 1 aliphatic heterocycles. The number of hydrogen-bond acceptors (Lipinski definition) is 7. The van der Waals surface area contributed by atoms with Gasteiger partial charge in [-0.1, -0.05) is 6.07 Å². The molecular formula is C26H24N6O3. The monoisotopic (exact) mass is 468 g/mol. The van der Waals surface area contributed by atoms with Crippen LogP contribution in [0.1, 0.15) is 47.9 Å². The van der Waals surface area contributed by atoms with Crippen molar-refractivity contribution in [2.24, 2.45) is 0 Å². The lowest BCUT2D eigenvalue weighted by molar-refractivity contribution is -0.118. The molecule has 2 fully saturated rings. The van der Waals surface area contributed by atoms with Crippen molar-refractivity contribution >= 4 is 34.1 Å². The first-order valence-corrected chi connectivity index (χ1v) is 11.8. The number of H-pyrrole nitrogens is 1. The Kier molecular flexibility index (Phi) is 4.15. The first-order valence-electron chi connectivity index (χ1n) is 11.8. The zero-order valence-electron chi connectivity index (χ0n) is 19.4. The van der Waals surface area contributed by atoms with Gasteiger partial charge in [0.2, 0.25) is 5.91 Å². The molecule has 4 aromatic rings. The van der Waals surface area contributed by atoms with Crippen LogP contribution in [0.2, 0.25) is 0 Å². The number of methoxy groups -OCH3 is 2. The van der Waals surface area contributed by atoms with E-state index in [0.717, 1.165) is 58.4 Å². The first-order chi connectivity index (χ1) is 17.1. The third kappa shape index (κ3) is 3.00. The number of carbonyl (C=O) groups is 1. The van der Waals surface area contributed by atoms with Gasteiger partial charge in [0.25, 0.3) is 5.88 Å². The summed E-state index contributed by atoms with van der Waals surface area (Å²) in [7, 11) is 3.23. The summed E-state index contributed by atoms with van der Waals surface area (Å²) >= 11 is 0. The Morgan fingerprint density at radius 1 is 1.09 bits per heavy atom. The molecule has 2 saturated carbocycles. The molecule has 1 amide bonds. The number of amides is 1. The summed E-state index contributed by atoms with van der Waals surface area (Å²) in [6.45, 7) is 0. The smallest absolute Gasteiger partial charge is 0.257 e. The number of fused-ring (bicyclic) bond motifs is 3. The van der Waals surface area contributed by atoms with Gasteiger partial charge in [-0.2, -0.15) is 5.10 Å². The average Bonchev–Trinajstić information content (AvgIpc) is 3.80. The van der Waals surface area contributed by atoms with Crippen molar-refractivity contribution in [3.05, 3.63) is 59.4 Å². The molecule has 35 heavy (non-hydrogen) atoms. The Morgan fingerprint density at radius 3 is 2.77 bits per heavy atom. The van der Waals surface area contributed by atoms with Gasteiger partial charge in [-0.05, 0) is 60.7 Å². The average molecular weight is 469 g/mol. The molecule has 2 atom stereocenters. The standard InChI is InChI=1S/C26H24N6O3/c1-34-15-6-8-19-17(10-15)26(25(33)29-19)11-18(26)14-5-7-16-20(9-14)31-32-22(16)30-23-24(35-2)27-12-21(28-23)13-3-4-13/h5-10,12-13,18H,3-4,11H2,1-2H3,(H,29,33)(H2,28,30,31,32)/t18-,26-/m0/s1. The Balaban J connectivity index is 1.20. The number of carbonyl (C=O) groups excluding carboxylic acids is 1. The van der Waals surface area contributed by atoms with E-state index in [1.807, 2.05) is 24.3 Å². The molecule has 3 aliphatic rings. The molecule has 3 heterocycles. The summed E-state index contributed by atoms with van der Waals surface area (Å²) in [5.74, 6) is 3.05. The second-order valence-electron chi connectivity index (χ2n) is 9.52. The molecule has 176 valence electrons. The summed E-state index contributed by atoms with van der Waals surface area (Å²) in [6.07, 6.45) is 4.85. The lowest BCUT2D eigenvalue weighted by Crippen LogP contribution is -2.21. The van der Waals surface area contributed by atoms with Crippen molar-refractivity contribution in [3.63, 3.8) is 0 Å². The number of hydrogen-bond donors (Lipinski definition) is 3. The maximum atomic E-state index is 13.0. The van der Waals surface area contributed by atoms with E-state index in [4.69, 9.17) is 14.5 Å². The van der Waals surface area contributed by atoms with E-state index in [-0.39, 0.29) is 11.8 Å². The molecule has 1 spiro atoms. The molecular weight excluding hydrogens is 444 g/mol. The lowest BCUT2D eigenvalue weighted by Gasteiger charge is -2.11. The highest BCUT2D eigenvalue weighted by atomic mass is 16.5. The maximum Gasteiger partial charge on any atom is 0.257 e. The SMILES string of the molecule is COc1ccc2c(c1)[C@]1(C[C@H]1c1ccc3c(Nc4nc(C5CC5)cnc4OC)n[nH]c3c1)C(=O)N2. The minimum Gasteiger partial charge on any atom is -0.497 e. The second-order valence-corrected chi connectivity index (χ2v) is 9.52. The second kappa shape index (κ2) is 7.18. The van der Waals surface area contributed by atoms with Gasteiger partial charge in [0.15, 0.2) is 11.6 Å². The summed E-state index contributed by atoms with van der Waals surface area (Å²) in [5.41, 5.74) is 4.32. The van der Waals surface area contributed by atoms with Crippen LogP contribution >= 0.6 is 0 Å². The summed E-state index contributed by atoms with van der Waals surface area (Å²) in [6, 6.07) is 12.0. The highest BCUT2D eigenvalue weighted by molar-refractivity contribution is 6.10. The van der Waals surface area contributed by atoms with Crippen LogP contribution < -0.4 is 20.1 Å². The molecule has 0 saturated heterocycles. The Hall–Kier alpha value is -4.14. The van der Waals surface area contributed by atoms with Gasteiger partial charge >= 0.3 is 0 Å². The molecule has 7 rings (SSSR count). The van der Waals surface area contributed by atoms with Crippen molar-refractivity contribution < 1.29 is 14.3 Å². The van der Waals surface area contributed by atoms with Gasteiger partial charge in [-0.3, -0.25) is 9.89 Å². The number of nitrogens with zero attached hydrogens (tertiary/aromatic N) is 3. The molecule has 2 aromatic heterocycles. The maximum absolute atomic E-state index is 13.0. The zero-order chi connectivity index (χ0) is 23.7. The van der Waals surface area contributed by atoms with Gasteiger partial charge in [0, 0.05) is 22.9 Å². The topological polar surface area (TPSA) is 114 Å². The number of aromatic nitrogens is 4. The minimum absolute atomic E-state index is 0.0547. The third-order valence-electron chi connectivity index (χ3n) is 7.49. The van der Waals surface area contributed by atoms with Crippen LogP contribution in [0.15, 0.2) is 42.6 Å². The van der Waals surface area contributed by atoms with E-state index in [0.29, 0.717) is 23.4 Å². The zero-order valence-corrected chi connectivity index (χ0v) is 19.4. The molecule has 9 heteroatoms. The van der Waals surface area contributed by atoms with Crippen LogP contribution in [-0.2, 0) is 10.2 Å². The van der Waals surface area contributed by atoms with Crippen LogP contribution in [0.5, 0.6) is 11.6 Å². The van der Waals surface area contributed by atoms with Crippen LogP contribution in [0.4, 0.5) is 17.3 Å². The fourth-order valence-corrected chi connectivity index (χ4v) is 5.36. The van der Waals surface area contributed by atoms with Crippen LogP contribution in [0, 0.1) is 0 Å². The van der Waals surface area contributed by atoms with Gasteiger partial charge in [-0.25, -0.2) is 9.97 Å². The normalized spacial score (nSPS) is 22.2. The molecule has 0 radical (unpaired) electrons. The number of anilines is 3. The van der Waals surface area contributed by atoms with E-state index in [2.05, 4.69) is 37.9 Å². The van der Waals surface area contributed by atoms with Gasteiger partial charge < -0.3 is 20.1 Å². The lowest BCUT2D eigenvalue weighted by atomic mass is 9.91. The van der Waals surface area contributed by atoms with Gasteiger partial charge in [0.05, 0.1) is 37.0 Å². The predicted octanol–water partition coefficient (Wildman–Crippen LogP) is 4.37. The number of rotatable bonds is 6. The first kappa shape index (κ1) is 20.3. The van der Waals surface area contributed by atoms with Crippen LogP contribution in [-0.4, -0.2) is 40.3 Å². The van der Waals surface area contributed by atoms with Gasteiger partial charge in [-0.15, -0.1) is 0 Å². The molecule has 0 bridgehead atoms. The van der Waals surface area contributed by atoms with E-state index in [1.54, 1.807) is 20.4 Å². The van der Waals surface area contributed by atoms with Crippen molar-refractivity contribution in [2.75, 3.05) is 24.9 Å². The largest absolute Gasteiger partial charge is 0.497 e. The number of benzene rings is 2. The Morgan fingerprint density at radius 2 is 1.97 bits per heavy atom. The molecule has 2 aliphatic carbocycles. The summed E-state index contributed by atoms with van der Waals surface area (Å²) in [5, 5.41) is 14.9. The third-order valence-corrected chi connectivity index (χ3v) is 7.49. The van der Waals surface area contributed by atoms with Crippen molar-refractivity contribution in [1.29, 1.82) is 0 Å². The molecule has 9 nitrogen and oxygen atoms in total. The minimum atomic E-state index is -0.537. The number of nitrogens with one attached hydrogen (secondary N) is 3. The van der Waals surface area contributed by atoms with Crippen molar-refractivity contribution in [3.8, 4) is 11.6 Å². The van der Waals surface area contributed by atoms with Crippen LogP contribution in [0.25, 0.3) is 10.9 Å². The van der Waals surface area contributed by atoms with E-state index in [1.165, 1.54) is 0 Å². The van der Waals surface area contributed by atoms with Crippen LogP contribution in [0.3, 0.4) is 0 Å².